The second-order valence-corrected chi connectivity index (χ2v) is 7.39. The van der Waals surface area contributed by atoms with Crippen molar-refractivity contribution in [2.75, 3.05) is 7.11 Å². The second-order valence-electron chi connectivity index (χ2n) is 7.39. The first-order valence-electron chi connectivity index (χ1n) is 8.52. The third-order valence-corrected chi connectivity index (χ3v) is 5.50. The Labute approximate surface area is 138 Å². The average molecular weight is 310 g/mol. The van der Waals surface area contributed by atoms with Crippen molar-refractivity contribution in [2.24, 2.45) is 0 Å². The summed E-state index contributed by atoms with van der Waals surface area (Å²) in [6, 6.07) is 6.66. The van der Waals surface area contributed by atoms with E-state index in [0.717, 1.165) is 31.3 Å². The van der Waals surface area contributed by atoms with Gasteiger partial charge < -0.3 is 9.53 Å². The molecule has 122 valence electrons. The molecule has 1 aliphatic rings. The molecular formula is C21H26O2. The molecule has 0 saturated heterocycles. The first-order chi connectivity index (χ1) is 10.9. The van der Waals surface area contributed by atoms with Crippen molar-refractivity contribution in [1.29, 1.82) is 0 Å². The highest BCUT2D eigenvalue weighted by Crippen LogP contribution is 2.42. The highest BCUT2D eigenvalue weighted by atomic mass is 16.5. The summed E-state index contributed by atoms with van der Waals surface area (Å²) in [5.74, 6) is 1.37. The maximum Gasteiger partial charge on any atom is 0.130 e. The van der Waals surface area contributed by atoms with Gasteiger partial charge in [0.2, 0.25) is 0 Å². The Hall–Kier alpha value is -1.83. The van der Waals surface area contributed by atoms with Crippen LogP contribution in [0.5, 0.6) is 5.75 Å². The van der Waals surface area contributed by atoms with Crippen molar-refractivity contribution < 1.29 is 9.53 Å². The van der Waals surface area contributed by atoms with Crippen molar-refractivity contribution in [3.05, 3.63) is 40.5 Å². The van der Waals surface area contributed by atoms with Crippen LogP contribution in [0, 0.1) is 6.92 Å². The van der Waals surface area contributed by atoms with Gasteiger partial charge in [-0.25, -0.2) is 0 Å². The van der Waals surface area contributed by atoms with Gasteiger partial charge in [0.05, 0.1) is 7.11 Å². The Morgan fingerprint density at radius 2 is 2.00 bits per heavy atom. The Balaban J connectivity index is 2.35. The van der Waals surface area contributed by atoms with Gasteiger partial charge in [-0.2, -0.15) is 0 Å². The van der Waals surface area contributed by atoms with Crippen LogP contribution in [0.15, 0.2) is 18.2 Å². The van der Waals surface area contributed by atoms with E-state index in [4.69, 9.17) is 4.74 Å². The van der Waals surface area contributed by atoms with Gasteiger partial charge in [-0.05, 0) is 90.3 Å². The molecule has 2 aromatic rings. The Morgan fingerprint density at radius 1 is 1.26 bits per heavy atom. The number of aldehydes is 1. The standard InChI is InChI=1S/C21H26O2/c1-13(2)17-9-15-10-19-16(7-6-8-21(19,4)12-22)14(3)18(15)11-20(17)23-5/h9-13H,6-8H2,1-5H3/t21-/m0/s1. The quantitative estimate of drug-likeness (QED) is 0.740. The van der Waals surface area contributed by atoms with Crippen LogP contribution < -0.4 is 4.74 Å². The predicted molar refractivity (Wildman–Crippen MR) is 95.7 cm³/mol. The van der Waals surface area contributed by atoms with E-state index >= 15 is 0 Å². The van der Waals surface area contributed by atoms with Gasteiger partial charge in [0.25, 0.3) is 0 Å². The fourth-order valence-electron chi connectivity index (χ4n) is 4.01. The number of hydrogen-bond acceptors (Lipinski definition) is 2. The van der Waals surface area contributed by atoms with E-state index in [9.17, 15) is 4.79 Å². The smallest absolute Gasteiger partial charge is 0.130 e. The van der Waals surface area contributed by atoms with Crippen LogP contribution in [-0.4, -0.2) is 13.4 Å². The first-order valence-corrected chi connectivity index (χ1v) is 8.52. The van der Waals surface area contributed by atoms with Gasteiger partial charge >= 0.3 is 0 Å². The lowest BCUT2D eigenvalue weighted by molar-refractivity contribution is -0.112. The number of aryl methyl sites for hydroxylation is 1. The molecule has 0 heterocycles. The van der Waals surface area contributed by atoms with Gasteiger partial charge in [0.1, 0.15) is 12.0 Å². The molecule has 3 rings (SSSR count). The van der Waals surface area contributed by atoms with Crippen molar-refractivity contribution in [1.82, 2.24) is 0 Å². The third-order valence-electron chi connectivity index (χ3n) is 5.50. The van der Waals surface area contributed by atoms with Gasteiger partial charge in [0, 0.05) is 5.41 Å². The molecular weight excluding hydrogens is 284 g/mol. The van der Waals surface area contributed by atoms with E-state index in [1.807, 2.05) is 0 Å². The van der Waals surface area contributed by atoms with E-state index in [-0.39, 0.29) is 5.41 Å². The molecule has 0 fully saturated rings. The number of ether oxygens (including phenoxy) is 1. The molecule has 0 aliphatic heterocycles. The summed E-state index contributed by atoms with van der Waals surface area (Å²) in [6.07, 6.45) is 4.23. The van der Waals surface area contributed by atoms with Crippen LogP contribution in [-0.2, 0) is 16.6 Å². The lowest BCUT2D eigenvalue weighted by Gasteiger charge is -2.33. The number of hydrogen-bond donors (Lipinski definition) is 0. The van der Waals surface area contributed by atoms with E-state index in [1.165, 1.54) is 33.0 Å². The van der Waals surface area contributed by atoms with Gasteiger partial charge in [0.15, 0.2) is 0 Å². The molecule has 2 heteroatoms. The lowest BCUT2D eigenvalue weighted by Crippen LogP contribution is -2.29. The molecule has 0 amide bonds. The lowest BCUT2D eigenvalue weighted by atomic mass is 9.70. The van der Waals surface area contributed by atoms with E-state index in [0.29, 0.717) is 5.92 Å². The minimum atomic E-state index is -0.343. The molecule has 1 aliphatic carbocycles. The maximum absolute atomic E-state index is 11.7. The normalized spacial score (nSPS) is 20.6. The van der Waals surface area contributed by atoms with Crippen LogP contribution in [0.4, 0.5) is 0 Å². The largest absolute Gasteiger partial charge is 0.496 e. The van der Waals surface area contributed by atoms with Gasteiger partial charge in [-0.1, -0.05) is 13.8 Å². The van der Waals surface area contributed by atoms with Crippen LogP contribution in [0.1, 0.15) is 61.8 Å². The number of benzene rings is 2. The summed E-state index contributed by atoms with van der Waals surface area (Å²) in [5.41, 5.74) is 4.77. The zero-order valence-corrected chi connectivity index (χ0v) is 14.8. The Bertz CT molecular complexity index is 773. The molecule has 0 saturated carbocycles. The van der Waals surface area contributed by atoms with Gasteiger partial charge in [-0.15, -0.1) is 0 Å². The Kier molecular flexibility index (Phi) is 3.95. The van der Waals surface area contributed by atoms with Crippen molar-refractivity contribution in [3.8, 4) is 5.75 Å². The summed E-state index contributed by atoms with van der Waals surface area (Å²) in [7, 11) is 1.74. The zero-order valence-electron chi connectivity index (χ0n) is 14.8. The molecule has 0 radical (unpaired) electrons. The molecule has 0 unspecified atom stereocenters. The fraction of sp³-hybridized carbons (Fsp3) is 0.476. The topological polar surface area (TPSA) is 26.3 Å². The van der Waals surface area contributed by atoms with E-state index < -0.39 is 0 Å². The van der Waals surface area contributed by atoms with Crippen LogP contribution in [0.25, 0.3) is 10.8 Å². The van der Waals surface area contributed by atoms with Gasteiger partial charge in [-0.3, -0.25) is 0 Å². The summed E-state index contributed by atoms with van der Waals surface area (Å²) in [5, 5.41) is 2.47. The summed E-state index contributed by atoms with van der Waals surface area (Å²) >= 11 is 0. The van der Waals surface area contributed by atoms with E-state index in [2.05, 4.69) is 45.9 Å². The minimum Gasteiger partial charge on any atom is -0.496 e. The minimum absolute atomic E-state index is 0.343. The molecule has 0 aromatic heterocycles. The van der Waals surface area contributed by atoms with Crippen molar-refractivity contribution >= 4 is 17.1 Å². The number of methoxy groups -OCH3 is 1. The summed E-state index contributed by atoms with van der Waals surface area (Å²) < 4.78 is 5.62. The molecule has 23 heavy (non-hydrogen) atoms. The third kappa shape index (κ3) is 2.45. The van der Waals surface area contributed by atoms with Crippen LogP contribution in [0.3, 0.4) is 0 Å². The number of rotatable bonds is 3. The number of fused-ring (bicyclic) bond motifs is 2. The fourth-order valence-corrected chi connectivity index (χ4v) is 4.01. The van der Waals surface area contributed by atoms with Crippen molar-refractivity contribution in [3.63, 3.8) is 0 Å². The number of carbonyl (C=O) groups is 1. The van der Waals surface area contributed by atoms with Crippen LogP contribution in [0.2, 0.25) is 0 Å². The predicted octanol–water partition coefficient (Wildman–Crippen LogP) is 5.07. The highest BCUT2D eigenvalue weighted by molar-refractivity contribution is 5.91. The molecule has 0 N–H and O–H groups in total. The molecule has 0 bridgehead atoms. The summed E-state index contributed by atoms with van der Waals surface area (Å²) in [6.45, 7) is 8.64. The SMILES string of the molecule is COc1cc2c(C)c3c(cc2cc1C(C)C)[C@](C)(C=O)CCC3. The average Bonchev–Trinajstić information content (AvgIpc) is 2.55. The van der Waals surface area contributed by atoms with Crippen LogP contribution >= 0.6 is 0 Å². The number of carbonyl (C=O) groups excluding carboxylic acids is 1. The van der Waals surface area contributed by atoms with E-state index in [1.54, 1.807) is 7.11 Å². The molecule has 2 aromatic carbocycles. The van der Waals surface area contributed by atoms with Crippen molar-refractivity contribution in [2.45, 2.75) is 58.3 Å². The maximum atomic E-state index is 11.7. The highest BCUT2D eigenvalue weighted by Gasteiger charge is 2.33. The molecule has 0 spiro atoms. The molecule has 2 nitrogen and oxygen atoms in total. The zero-order chi connectivity index (χ0) is 16.8. The first kappa shape index (κ1) is 16.0. The second kappa shape index (κ2) is 5.67. The monoisotopic (exact) mass is 310 g/mol. The summed E-state index contributed by atoms with van der Waals surface area (Å²) in [4.78, 5) is 11.7. The Morgan fingerprint density at radius 3 is 2.61 bits per heavy atom. The molecule has 1 atom stereocenters.